The molecule has 1 fully saturated rings. The van der Waals surface area contributed by atoms with E-state index in [9.17, 15) is 23.1 Å². The van der Waals surface area contributed by atoms with Crippen LogP contribution in [0.2, 0.25) is 0 Å². The highest BCUT2D eigenvalue weighted by atomic mass is 19.4. The first-order chi connectivity index (χ1) is 10.3. The van der Waals surface area contributed by atoms with Gasteiger partial charge in [0.2, 0.25) is 5.91 Å². The second-order valence-electron chi connectivity index (χ2n) is 5.63. The van der Waals surface area contributed by atoms with Gasteiger partial charge in [-0.3, -0.25) is 4.79 Å². The van der Waals surface area contributed by atoms with E-state index >= 15 is 0 Å². The third-order valence-electron chi connectivity index (χ3n) is 4.14. The Morgan fingerprint density at radius 3 is 2.77 bits per heavy atom. The fourth-order valence-corrected chi connectivity index (χ4v) is 2.79. The maximum Gasteiger partial charge on any atom is 0.419 e. The lowest BCUT2D eigenvalue weighted by molar-refractivity contribution is -0.253. The molecule has 0 saturated carbocycles. The van der Waals surface area contributed by atoms with E-state index in [2.05, 4.69) is 4.98 Å². The predicted molar refractivity (Wildman–Crippen MR) is 74.2 cm³/mol. The molecule has 2 aromatic rings. The maximum absolute atomic E-state index is 12.8. The zero-order valence-corrected chi connectivity index (χ0v) is 11.7. The molecule has 1 saturated heterocycles. The minimum Gasteiger partial charge on any atom is -0.379 e. The normalized spacial score (nSPS) is 22.5. The monoisotopic (exact) mass is 312 g/mol. The summed E-state index contributed by atoms with van der Waals surface area (Å²) in [5.74, 6) is -0.412. The van der Waals surface area contributed by atoms with Crippen LogP contribution in [0.3, 0.4) is 0 Å². The number of likely N-dealkylation sites (tertiary alicyclic amines) is 1. The molecule has 1 aromatic heterocycles. The zero-order chi connectivity index (χ0) is 16.0. The number of alkyl halides is 3. The van der Waals surface area contributed by atoms with Crippen molar-refractivity contribution in [2.75, 3.05) is 13.1 Å². The van der Waals surface area contributed by atoms with Crippen LogP contribution >= 0.6 is 0 Å². The van der Waals surface area contributed by atoms with Crippen LogP contribution < -0.4 is 0 Å². The van der Waals surface area contributed by atoms with Crippen molar-refractivity contribution in [1.29, 1.82) is 0 Å². The summed E-state index contributed by atoms with van der Waals surface area (Å²) in [6.45, 7) is -0.783. The van der Waals surface area contributed by atoms with Gasteiger partial charge >= 0.3 is 6.18 Å². The van der Waals surface area contributed by atoms with Gasteiger partial charge in [-0.1, -0.05) is 18.2 Å². The molecular formula is C15H15F3N2O2. The zero-order valence-electron chi connectivity index (χ0n) is 11.7. The molecule has 2 N–H and O–H groups in total. The second-order valence-corrected chi connectivity index (χ2v) is 5.63. The summed E-state index contributed by atoms with van der Waals surface area (Å²) in [7, 11) is 0. The Hall–Kier alpha value is -2.02. The molecule has 4 nitrogen and oxygen atoms in total. The minimum absolute atomic E-state index is 0.0119. The lowest BCUT2D eigenvalue weighted by Gasteiger charge is -2.25. The molecule has 118 valence electrons. The number of rotatable bonds is 2. The number of nitrogens with zero attached hydrogens (tertiary/aromatic N) is 1. The van der Waals surface area contributed by atoms with Crippen LogP contribution in [-0.2, 0) is 11.2 Å². The van der Waals surface area contributed by atoms with Crippen LogP contribution in [0.15, 0.2) is 30.5 Å². The molecule has 0 bridgehead atoms. The van der Waals surface area contributed by atoms with Crippen molar-refractivity contribution < 1.29 is 23.1 Å². The first kappa shape index (κ1) is 14.9. The number of aromatic nitrogens is 1. The van der Waals surface area contributed by atoms with Crippen molar-refractivity contribution in [1.82, 2.24) is 9.88 Å². The van der Waals surface area contributed by atoms with Crippen LogP contribution in [0.4, 0.5) is 13.2 Å². The van der Waals surface area contributed by atoms with Gasteiger partial charge in [-0.25, -0.2) is 0 Å². The summed E-state index contributed by atoms with van der Waals surface area (Å²) in [5, 5.41) is 10.5. The number of aliphatic hydroxyl groups is 1. The first-order valence-corrected chi connectivity index (χ1v) is 6.92. The Morgan fingerprint density at radius 1 is 1.36 bits per heavy atom. The van der Waals surface area contributed by atoms with Gasteiger partial charge in [0.15, 0.2) is 5.60 Å². The van der Waals surface area contributed by atoms with Gasteiger partial charge in [-0.15, -0.1) is 0 Å². The van der Waals surface area contributed by atoms with E-state index in [0.717, 1.165) is 21.4 Å². The molecule has 0 unspecified atom stereocenters. The number of β-amino-alcohol motifs (C(OH)–C–C–N with tert-alkyl or cyclic N) is 1. The summed E-state index contributed by atoms with van der Waals surface area (Å²) in [5.41, 5.74) is -1.18. The predicted octanol–water partition coefficient (Wildman–Crippen LogP) is 2.24. The molecule has 7 heteroatoms. The molecule has 0 spiro atoms. The Labute approximate surface area is 124 Å². The average Bonchev–Trinajstić information content (AvgIpc) is 3.04. The summed E-state index contributed by atoms with van der Waals surface area (Å²) in [6, 6.07) is 7.41. The number of aromatic amines is 1. The topological polar surface area (TPSA) is 56.3 Å². The Morgan fingerprint density at radius 2 is 2.09 bits per heavy atom. The van der Waals surface area contributed by atoms with Crippen molar-refractivity contribution in [2.24, 2.45) is 0 Å². The van der Waals surface area contributed by atoms with Crippen LogP contribution in [0.1, 0.15) is 12.0 Å². The quantitative estimate of drug-likeness (QED) is 0.893. The molecule has 1 amide bonds. The summed E-state index contributed by atoms with van der Waals surface area (Å²) in [4.78, 5) is 16.3. The molecule has 1 aliphatic rings. The fourth-order valence-electron chi connectivity index (χ4n) is 2.79. The number of benzene rings is 1. The van der Waals surface area contributed by atoms with E-state index in [0.29, 0.717) is 0 Å². The summed E-state index contributed by atoms with van der Waals surface area (Å²) < 4.78 is 38.3. The van der Waals surface area contributed by atoms with E-state index in [1.807, 2.05) is 24.3 Å². The maximum atomic E-state index is 12.8. The Kier molecular flexibility index (Phi) is 3.40. The van der Waals surface area contributed by atoms with Crippen molar-refractivity contribution in [3.05, 3.63) is 36.0 Å². The third kappa shape index (κ3) is 2.45. The van der Waals surface area contributed by atoms with Crippen LogP contribution in [0, 0.1) is 0 Å². The standard InChI is InChI=1S/C15H15F3N2O2/c16-15(17,18)14(22)5-6-20(9-14)13(21)7-10-8-19-12-4-2-1-3-11(10)12/h1-4,8,19,22H,5-7,9H2/t14-/m0/s1. The van der Waals surface area contributed by atoms with Crippen LogP contribution in [0.25, 0.3) is 10.9 Å². The molecule has 0 aliphatic carbocycles. The summed E-state index contributed by atoms with van der Waals surface area (Å²) >= 11 is 0. The molecule has 1 aliphatic heterocycles. The molecule has 22 heavy (non-hydrogen) atoms. The third-order valence-corrected chi connectivity index (χ3v) is 4.14. The van der Waals surface area contributed by atoms with Crippen LogP contribution in [-0.4, -0.2) is 45.8 Å². The van der Waals surface area contributed by atoms with Crippen molar-refractivity contribution in [2.45, 2.75) is 24.6 Å². The number of halogens is 3. The molecule has 3 rings (SSSR count). The summed E-state index contributed by atoms with van der Waals surface area (Å²) in [6.07, 6.45) is -3.49. The largest absolute Gasteiger partial charge is 0.419 e. The van der Waals surface area contributed by atoms with Crippen LogP contribution in [0.5, 0.6) is 0 Å². The Balaban J connectivity index is 1.74. The number of fused-ring (bicyclic) bond motifs is 1. The number of H-pyrrole nitrogens is 1. The van der Waals surface area contributed by atoms with Gasteiger partial charge in [0, 0.05) is 30.1 Å². The number of hydrogen-bond acceptors (Lipinski definition) is 2. The number of hydrogen-bond donors (Lipinski definition) is 2. The number of carbonyl (C=O) groups is 1. The Bertz CT molecular complexity index is 710. The van der Waals surface area contributed by atoms with Gasteiger partial charge in [0.1, 0.15) is 0 Å². The van der Waals surface area contributed by atoms with Gasteiger partial charge in [-0.2, -0.15) is 13.2 Å². The van der Waals surface area contributed by atoms with Crippen molar-refractivity contribution in [3.63, 3.8) is 0 Å². The molecule has 2 heterocycles. The molecular weight excluding hydrogens is 297 g/mol. The number of carbonyl (C=O) groups excluding carboxylic acids is 1. The fraction of sp³-hybridized carbons (Fsp3) is 0.400. The number of amides is 1. The van der Waals surface area contributed by atoms with Gasteiger partial charge in [0.05, 0.1) is 13.0 Å². The van der Waals surface area contributed by atoms with E-state index < -0.39 is 30.7 Å². The molecule has 1 atom stereocenters. The highest BCUT2D eigenvalue weighted by Crippen LogP contribution is 2.37. The molecule has 1 aromatic carbocycles. The number of para-hydroxylation sites is 1. The lowest BCUT2D eigenvalue weighted by Crippen LogP contribution is -2.48. The van der Waals surface area contributed by atoms with E-state index in [1.54, 1.807) is 6.20 Å². The van der Waals surface area contributed by atoms with E-state index in [4.69, 9.17) is 0 Å². The lowest BCUT2D eigenvalue weighted by atomic mass is 10.0. The van der Waals surface area contributed by atoms with Gasteiger partial charge < -0.3 is 15.0 Å². The smallest absolute Gasteiger partial charge is 0.379 e. The number of nitrogens with one attached hydrogen (secondary N) is 1. The SMILES string of the molecule is O=C(Cc1c[nH]c2ccccc12)N1CC[C@@](O)(C(F)(F)F)C1. The second kappa shape index (κ2) is 5.01. The highest BCUT2D eigenvalue weighted by molar-refractivity contribution is 5.89. The highest BCUT2D eigenvalue weighted by Gasteiger charge is 2.57. The van der Waals surface area contributed by atoms with Crippen molar-refractivity contribution >= 4 is 16.8 Å². The average molecular weight is 312 g/mol. The first-order valence-electron chi connectivity index (χ1n) is 6.92. The van der Waals surface area contributed by atoms with E-state index in [-0.39, 0.29) is 13.0 Å². The minimum atomic E-state index is -4.72. The van der Waals surface area contributed by atoms with Crippen molar-refractivity contribution in [3.8, 4) is 0 Å². The van der Waals surface area contributed by atoms with Gasteiger partial charge in [0.25, 0.3) is 0 Å². The van der Waals surface area contributed by atoms with E-state index in [1.165, 1.54) is 0 Å². The molecule has 0 radical (unpaired) electrons. The van der Waals surface area contributed by atoms with Gasteiger partial charge in [-0.05, 0) is 11.6 Å².